The molecule has 10 nitrogen and oxygen atoms in total. The fourth-order valence-corrected chi connectivity index (χ4v) is 8.32. The number of nitrogens with zero attached hydrogens (tertiary/aromatic N) is 4. The molecule has 0 aliphatic carbocycles. The third-order valence-electron chi connectivity index (χ3n) is 7.46. The predicted molar refractivity (Wildman–Crippen MR) is 207 cm³/mol. The van der Waals surface area contributed by atoms with Gasteiger partial charge in [-0.3, -0.25) is 0 Å². The van der Waals surface area contributed by atoms with Crippen molar-refractivity contribution in [3.05, 3.63) is 170 Å². The summed E-state index contributed by atoms with van der Waals surface area (Å²) < 4.78 is 38.1. The highest BCUT2D eigenvalue weighted by atomic mass is 32.2. The summed E-state index contributed by atoms with van der Waals surface area (Å²) in [5.74, 6) is 2.46. The average molecular weight is 755 g/mol. The van der Waals surface area contributed by atoms with Gasteiger partial charge >= 0.3 is 17.2 Å². The zero-order chi connectivity index (χ0) is 35.7. The zero-order valence-corrected chi connectivity index (χ0v) is 30.3. The summed E-state index contributed by atoms with van der Waals surface area (Å²) >= 11 is 1.50. The molecule has 8 rings (SSSR count). The van der Waals surface area contributed by atoms with Gasteiger partial charge in [0.15, 0.2) is 0 Å². The molecular weight excluding hydrogens is 726 g/mol. The van der Waals surface area contributed by atoms with Gasteiger partial charge in [0.2, 0.25) is 23.5 Å². The molecule has 260 valence electrons. The van der Waals surface area contributed by atoms with Crippen molar-refractivity contribution in [2.45, 2.75) is 9.79 Å². The Morgan fingerprint density at radius 3 is 1.02 bits per heavy atom. The summed E-state index contributed by atoms with van der Waals surface area (Å²) in [7, 11) is -4.14. The number of fused-ring (bicyclic) bond motifs is 2. The van der Waals surface area contributed by atoms with Gasteiger partial charge in [0.05, 0.1) is 9.79 Å². The molecule has 0 amide bonds. The lowest BCUT2D eigenvalue weighted by atomic mass is 10.1. The van der Waals surface area contributed by atoms with Crippen molar-refractivity contribution in [3.8, 4) is 35.0 Å². The van der Waals surface area contributed by atoms with Gasteiger partial charge in [0.25, 0.3) is 0 Å². The van der Waals surface area contributed by atoms with Crippen LogP contribution in [0.2, 0.25) is 0 Å². The first-order valence-corrected chi connectivity index (χ1v) is 19.3. The van der Waals surface area contributed by atoms with E-state index in [0.29, 0.717) is 35.0 Å². The Morgan fingerprint density at radius 1 is 0.340 bits per heavy atom. The molecule has 8 aromatic rings. The summed E-state index contributed by atoms with van der Waals surface area (Å²) in [5.41, 5.74) is 0. The third-order valence-corrected chi connectivity index (χ3v) is 10.7. The van der Waals surface area contributed by atoms with Crippen molar-refractivity contribution in [3.63, 3.8) is 0 Å². The van der Waals surface area contributed by atoms with E-state index in [0.717, 1.165) is 31.3 Å². The molecule has 0 N–H and O–H groups in total. The monoisotopic (exact) mass is 754 g/mol. The molecule has 0 saturated carbocycles. The van der Waals surface area contributed by atoms with Crippen molar-refractivity contribution in [2.75, 3.05) is 0 Å². The Kier molecular flexibility index (Phi) is 10.7. The molecule has 0 aliphatic heterocycles. The second kappa shape index (κ2) is 16.6. The lowest BCUT2D eigenvalue weighted by Gasteiger charge is -2.21. The van der Waals surface area contributed by atoms with E-state index >= 15 is 0 Å². The highest BCUT2D eigenvalue weighted by Crippen LogP contribution is 2.52. The van der Waals surface area contributed by atoms with Crippen molar-refractivity contribution in [1.29, 1.82) is 0 Å². The van der Waals surface area contributed by atoms with Crippen molar-refractivity contribution >= 4 is 50.5 Å². The first kappa shape index (κ1) is 34.1. The highest BCUT2D eigenvalue weighted by molar-refractivity contribution is 8.00. The molecule has 4 aromatic carbocycles. The van der Waals surface area contributed by atoms with Crippen molar-refractivity contribution in [2.24, 2.45) is 0 Å². The van der Waals surface area contributed by atoms with Crippen molar-refractivity contribution in [1.82, 2.24) is 19.9 Å². The first-order chi connectivity index (χ1) is 26.2. The lowest BCUT2D eigenvalue weighted by molar-refractivity contribution is 0.373. The van der Waals surface area contributed by atoms with Gasteiger partial charge in [-0.15, -0.1) is 0 Å². The molecule has 53 heavy (non-hydrogen) atoms. The summed E-state index contributed by atoms with van der Waals surface area (Å²) in [5, 5.41) is 3.95. The van der Waals surface area contributed by atoms with Crippen LogP contribution in [0.15, 0.2) is 180 Å². The van der Waals surface area contributed by atoms with E-state index < -0.39 is 17.2 Å². The van der Waals surface area contributed by atoms with Crippen LogP contribution in [0.1, 0.15) is 0 Å². The number of hydrogen-bond donors (Lipinski definition) is 0. The maximum absolute atomic E-state index is 6.64. The minimum atomic E-state index is -2.07. The van der Waals surface area contributed by atoms with E-state index in [2.05, 4.69) is 44.2 Å². The number of benzene rings is 4. The zero-order valence-electron chi connectivity index (χ0n) is 27.7. The maximum atomic E-state index is 6.64. The van der Waals surface area contributed by atoms with E-state index in [4.69, 9.17) is 27.1 Å². The van der Waals surface area contributed by atoms with Crippen LogP contribution in [0, 0.1) is 0 Å². The van der Waals surface area contributed by atoms with Crippen LogP contribution in [0.3, 0.4) is 0 Å². The van der Waals surface area contributed by atoms with Gasteiger partial charge in [-0.05, 0) is 57.9 Å². The van der Waals surface area contributed by atoms with E-state index in [1.165, 1.54) is 11.8 Å². The number of hydrogen-bond acceptors (Lipinski definition) is 11. The molecule has 13 heteroatoms. The molecule has 0 bridgehead atoms. The summed E-state index contributed by atoms with van der Waals surface area (Å²) in [6.07, 6.45) is 6.58. The molecule has 0 unspecified atom stereocenters. The average Bonchev–Trinajstić information content (AvgIpc) is 3.21. The Balaban J connectivity index is 1.20. The minimum Gasteiger partial charge on any atom is -0.407 e. The molecular formula is C40H28N4O6P2S. The molecule has 0 spiro atoms. The van der Waals surface area contributed by atoms with Crippen LogP contribution in [0.5, 0.6) is 35.0 Å². The predicted octanol–water partition coefficient (Wildman–Crippen LogP) is 11.3. The fraction of sp³-hybridized carbons (Fsp3) is 0. The van der Waals surface area contributed by atoms with Crippen molar-refractivity contribution < 1.29 is 27.1 Å². The maximum Gasteiger partial charge on any atom is 0.532 e. The summed E-state index contributed by atoms with van der Waals surface area (Å²) in [6, 6.07) is 45.6. The summed E-state index contributed by atoms with van der Waals surface area (Å²) in [4.78, 5) is 19.0. The lowest BCUT2D eigenvalue weighted by Crippen LogP contribution is -2.05. The van der Waals surface area contributed by atoms with Gasteiger partial charge in [-0.1, -0.05) is 96.7 Å². The third kappa shape index (κ3) is 8.56. The van der Waals surface area contributed by atoms with Crippen LogP contribution < -0.4 is 27.1 Å². The smallest absolute Gasteiger partial charge is 0.407 e. The molecule has 0 atom stereocenters. The molecule has 0 saturated heterocycles. The molecule has 4 heterocycles. The van der Waals surface area contributed by atoms with Crippen LogP contribution in [-0.2, 0) is 0 Å². The standard InChI is InChI=1S/C40H28N4O6P2S/c1-3-15-31-29(13-1)21-23-33(45-51(47-35-17-5-9-25-41-35)48-36-18-6-10-26-42-36)39(31)53-40-32-16-4-2-14-30(32)22-24-34(40)46-52(49-37-19-7-11-27-43-37)50-38-20-8-12-28-44-38/h1-28H. The van der Waals surface area contributed by atoms with Crippen LogP contribution in [-0.4, -0.2) is 19.9 Å². The SMILES string of the molecule is c1ccc(OP(Oc2ccccn2)Oc2ccc3ccccc3c2Sc2c(OP(Oc3ccccn3)Oc3ccccn3)ccc3ccccc23)nc1. The topological polar surface area (TPSA) is 107 Å². The highest BCUT2D eigenvalue weighted by Gasteiger charge is 2.27. The second-order valence-electron chi connectivity index (χ2n) is 11.0. The molecule has 0 fully saturated rings. The fourth-order valence-electron chi connectivity index (χ4n) is 5.08. The van der Waals surface area contributed by atoms with Gasteiger partial charge in [-0.2, -0.15) is 0 Å². The van der Waals surface area contributed by atoms with E-state index in [1.807, 2.05) is 97.1 Å². The second-order valence-corrected chi connectivity index (χ2v) is 14.0. The van der Waals surface area contributed by atoms with Crippen LogP contribution >= 0.6 is 29.0 Å². The minimum absolute atomic E-state index is 0.350. The Morgan fingerprint density at radius 2 is 0.679 bits per heavy atom. The quantitative estimate of drug-likeness (QED) is 0.0990. The van der Waals surface area contributed by atoms with Gasteiger partial charge in [-0.25, -0.2) is 19.9 Å². The van der Waals surface area contributed by atoms with E-state index in [9.17, 15) is 0 Å². The Hall–Kier alpha value is -5.99. The number of rotatable bonds is 14. The van der Waals surface area contributed by atoms with E-state index in [-0.39, 0.29) is 0 Å². The Labute approximate surface area is 311 Å². The van der Waals surface area contributed by atoms with E-state index in [1.54, 1.807) is 49.1 Å². The van der Waals surface area contributed by atoms with Crippen LogP contribution in [0.25, 0.3) is 21.5 Å². The molecule has 0 radical (unpaired) electrons. The van der Waals surface area contributed by atoms with Gasteiger partial charge < -0.3 is 27.1 Å². The normalized spacial score (nSPS) is 11.1. The largest absolute Gasteiger partial charge is 0.532 e. The number of pyridine rings is 4. The first-order valence-electron chi connectivity index (χ1n) is 16.3. The van der Waals surface area contributed by atoms with Gasteiger partial charge in [0, 0.05) is 49.1 Å². The van der Waals surface area contributed by atoms with Crippen LogP contribution in [0.4, 0.5) is 0 Å². The molecule has 4 aromatic heterocycles. The Bertz CT molecular complexity index is 2170. The summed E-state index contributed by atoms with van der Waals surface area (Å²) in [6.45, 7) is 0. The van der Waals surface area contributed by atoms with Gasteiger partial charge in [0.1, 0.15) is 11.5 Å². The number of aromatic nitrogens is 4. The molecule has 0 aliphatic rings.